The van der Waals surface area contributed by atoms with Crippen molar-refractivity contribution >= 4 is 17.7 Å². The average Bonchev–Trinajstić information content (AvgIpc) is 2.16. The van der Waals surface area contributed by atoms with Crippen LogP contribution in [0, 0.1) is 0 Å². The molecule has 0 aromatic carbocycles. The summed E-state index contributed by atoms with van der Waals surface area (Å²) in [5.74, 6) is 1.11. The first-order chi connectivity index (χ1) is 7.07. The average molecular weight is 235 g/mol. The SMILES string of the molecule is CCOC(=O)C(N)CSCCOC(C)C. The predicted octanol–water partition coefficient (Wildman–Crippen LogP) is 1.03. The van der Waals surface area contributed by atoms with Gasteiger partial charge in [-0.3, -0.25) is 4.79 Å². The Morgan fingerprint density at radius 2 is 2.13 bits per heavy atom. The zero-order valence-electron chi connectivity index (χ0n) is 9.69. The fourth-order valence-electron chi connectivity index (χ4n) is 0.870. The van der Waals surface area contributed by atoms with Gasteiger partial charge in [-0.15, -0.1) is 0 Å². The first kappa shape index (κ1) is 14.7. The Labute approximate surface area is 95.9 Å². The van der Waals surface area contributed by atoms with Gasteiger partial charge < -0.3 is 15.2 Å². The van der Waals surface area contributed by atoms with Crippen molar-refractivity contribution in [2.24, 2.45) is 5.73 Å². The fourth-order valence-corrected chi connectivity index (χ4v) is 1.64. The van der Waals surface area contributed by atoms with Gasteiger partial charge in [-0.1, -0.05) is 0 Å². The monoisotopic (exact) mass is 235 g/mol. The number of carbonyl (C=O) groups is 1. The number of rotatable bonds is 8. The summed E-state index contributed by atoms with van der Waals surface area (Å²) >= 11 is 1.61. The summed E-state index contributed by atoms with van der Waals surface area (Å²) in [5.41, 5.74) is 5.61. The molecule has 4 nitrogen and oxygen atoms in total. The van der Waals surface area contributed by atoms with Crippen molar-refractivity contribution in [1.82, 2.24) is 0 Å². The van der Waals surface area contributed by atoms with E-state index in [9.17, 15) is 4.79 Å². The van der Waals surface area contributed by atoms with Crippen LogP contribution in [0.5, 0.6) is 0 Å². The van der Waals surface area contributed by atoms with Crippen LogP contribution in [-0.4, -0.2) is 42.8 Å². The first-order valence-corrected chi connectivity index (χ1v) is 6.35. The molecule has 0 bridgehead atoms. The van der Waals surface area contributed by atoms with E-state index in [1.165, 1.54) is 0 Å². The van der Waals surface area contributed by atoms with Gasteiger partial charge in [0.05, 0.1) is 19.3 Å². The second kappa shape index (κ2) is 9.00. The molecule has 1 unspecified atom stereocenters. The summed E-state index contributed by atoms with van der Waals surface area (Å²) < 4.78 is 10.1. The molecule has 0 amide bonds. The highest BCUT2D eigenvalue weighted by Crippen LogP contribution is 2.03. The Balaban J connectivity index is 3.38. The summed E-state index contributed by atoms with van der Waals surface area (Å²) in [4.78, 5) is 11.1. The lowest BCUT2D eigenvalue weighted by molar-refractivity contribution is -0.144. The highest BCUT2D eigenvalue weighted by Gasteiger charge is 2.13. The number of ether oxygens (including phenoxy) is 2. The maximum Gasteiger partial charge on any atom is 0.323 e. The summed E-state index contributed by atoms with van der Waals surface area (Å²) in [6.45, 7) is 6.84. The standard InChI is InChI=1S/C10H21NO3S/c1-4-13-10(12)9(11)7-15-6-5-14-8(2)3/h8-9H,4-7,11H2,1-3H3. The molecule has 0 aliphatic rings. The fraction of sp³-hybridized carbons (Fsp3) is 0.900. The van der Waals surface area contributed by atoms with E-state index in [0.29, 0.717) is 19.0 Å². The largest absolute Gasteiger partial charge is 0.465 e. The van der Waals surface area contributed by atoms with E-state index in [-0.39, 0.29) is 12.1 Å². The van der Waals surface area contributed by atoms with Gasteiger partial charge in [0.15, 0.2) is 0 Å². The molecular weight excluding hydrogens is 214 g/mol. The lowest BCUT2D eigenvalue weighted by Crippen LogP contribution is -2.34. The highest BCUT2D eigenvalue weighted by molar-refractivity contribution is 7.99. The van der Waals surface area contributed by atoms with E-state index in [2.05, 4.69) is 0 Å². The molecule has 0 fully saturated rings. The topological polar surface area (TPSA) is 61.5 Å². The van der Waals surface area contributed by atoms with Gasteiger partial charge in [-0.2, -0.15) is 11.8 Å². The molecule has 0 aromatic heterocycles. The first-order valence-electron chi connectivity index (χ1n) is 5.19. The van der Waals surface area contributed by atoms with E-state index < -0.39 is 6.04 Å². The summed E-state index contributed by atoms with van der Waals surface area (Å²) in [6, 6.07) is -0.519. The number of nitrogens with two attached hydrogens (primary N) is 1. The molecule has 90 valence electrons. The van der Waals surface area contributed by atoms with Crippen molar-refractivity contribution in [2.75, 3.05) is 24.7 Å². The molecular formula is C10H21NO3S. The van der Waals surface area contributed by atoms with Crippen molar-refractivity contribution < 1.29 is 14.3 Å². The molecule has 0 spiro atoms. The van der Waals surface area contributed by atoms with Crippen LogP contribution >= 0.6 is 11.8 Å². The van der Waals surface area contributed by atoms with Crippen molar-refractivity contribution in [2.45, 2.75) is 32.9 Å². The summed E-state index contributed by atoms with van der Waals surface area (Å²) in [6.07, 6.45) is 0.254. The van der Waals surface area contributed by atoms with Gasteiger partial charge in [-0.25, -0.2) is 0 Å². The van der Waals surface area contributed by atoms with Gasteiger partial charge in [-0.05, 0) is 20.8 Å². The number of carbonyl (C=O) groups excluding carboxylic acids is 1. The Kier molecular flexibility index (Phi) is 8.85. The van der Waals surface area contributed by atoms with Crippen LogP contribution in [0.25, 0.3) is 0 Å². The highest BCUT2D eigenvalue weighted by atomic mass is 32.2. The Hall–Kier alpha value is -0.260. The molecule has 0 saturated heterocycles. The second-order valence-corrected chi connectivity index (χ2v) is 4.50. The van der Waals surface area contributed by atoms with E-state index in [4.69, 9.17) is 15.2 Å². The van der Waals surface area contributed by atoms with Crippen LogP contribution in [-0.2, 0) is 14.3 Å². The van der Waals surface area contributed by atoms with Crippen molar-refractivity contribution in [3.05, 3.63) is 0 Å². The molecule has 0 rings (SSSR count). The molecule has 0 aliphatic heterocycles. The minimum Gasteiger partial charge on any atom is -0.465 e. The Morgan fingerprint density at radius 3 is 2.67 bits per heavy atom. The van der Waals surface area contributed by atoms with Gasteiger partial charge in [0.1, 0.15) is 6.04 Å². The van der Waals surface area contributed by atoms with Crippen LogP contribution in [0.1, 0.15) is 20.8 Å². The van der Waals surface area contributed by atoms with Crippen molar-refractivity contribution in [1.29, 1.82) is 0 Å². The zero-order valence-corrected chi connectivity index (χ0v) is 10.5. The second-order valence-electron chi connectivity index (χ2n) is 3.35. The van der Waals surface area contributed by atoms with Crippen LogP contribution in [0.15, 0.2) is 0 Å². The van der Waals surface area contributed by atoms with E-state index >= 15 is 0 Å². The lowest BCUT2D eigenvalue weighted by atomic mass is 10.4. The van der Waals surface area contributed by atoms with E-state index in [0.717, 1.165) is 5.75 Å². The zero-order chi connectivity index (χ0) is 11.7. The van der Waals surface area contributed by atoms with Crippen LogP contribution < -0.4 is 5.73 Å². The number of hydrogen-bond donors (Lipinski definition) is 1. The third kappa shape index (κ3) is 8.72. The van der Waals surface area contributed by atoms with E-state index in [1.807, 2.05) is 13.8 Å². The molecule has 0 aliphatic carbocycles. The normalized spacial score (nSPS) is 12.9. The molecule has 0 heterocycles. The molecule has 15 heavy (non-hydrogen) atoms. The molecule has 0 saturated carbocycles. The smallest absolute Gasteiger partial charge is 0.323 e. The summed E-state index contributed by atoms with van der Waals surface area (Å²) in [5, 5.41) is 0. The van der Waals surface area contributed by atoms with Gasteiger partial charge in [0.2, 0.25) is 0 Å². The molecule has 2 N–H and O–H groups in total. The molecule has 5 heteroatoms. The number of hydrogen-bond acceptors (Lipinski definition) is 5. The third-order valence-corrected chi connectivity index (χ3v) is 2.62. The van der Waals surface area contributed by atoms with Crippen LogP contribution in [0.4, 0.5) is 0 Å². The number of esters is 1. The molecule has 0 aromatic rings. The van der Waals surface area contributed by atoms with Crippen molar-refractivity contribution in [3.63, 3.8) is 0 Å². The van der Waals surface area contributed by atoms with Crippen molar-refractivity contribution in [3.8, 4) is 0 Å². The quantitative estimate of drug-likeness (QED) is 0.503. The Bertz CT molecular complexity index is 176. The maximum atomic E-state index is 11.1. The van der Waals surface area contributed by atoms with Crippen LogP contribution in [0.3, 0.4) is 0 Å². The van der Waals surface area contributed by atoms with E-state index in [1.54, 1.807) is 18.7 Å². The third-order valence-electron chi connectivity index (χ3n) is 1.57. The molecule has 1 atom stereocenters. The number of thioether (sulfide) groups is 1. The maximum absolute atomic E-state index is 11.1. The van der Waals surface area contributed by atoms with Crippen LogP contribution in [0.2, 0.25) is 0 Å². The minimum atomic E-state index is -0.519. The van der Waals surface area contributed by atoms with Gasteiger partial charge >= 0.3 is 5.97 Å². The van der Waals surface area contributed by atoms with Gasteiger partial charge in [0, 0.05) is 11.5 Å². The van der Waals surface area contributed by atoms with Gasteiger partial charge in [0.25, 0.3) is 0 Å². The predicted molar refractivity (Wildman–Crippen MR) is 63.0 cm³/mol. The summed E-state index contributed by atoms with van der Waals surface area (Å²) in [7, 11) is 0. The minimum absolute atomic E-state index is 0.254. The molecule has 0 radical (unpaired) electrons. The lowest BCUT2D eigenvalue weighted by Gasteiger charge is -2.10. The Morgan fingerprint density at radius 1 is 1.47 bits per heavy atom.